The van der Waals surface area contributed by atoms with Crippen LogP contribution in [0.15, 0.2) is 54.6 Å². The summed E-state index contributed by atoms with van der Waals surface area (Å²) in [4.78, 5) is 39.7. The Morgan fingerprint density at radius 1 is 0.897 bits per heavy atom. The number of nitrogens with one attached hydrogen (secondary N) is 1. The number of nitrogens with zero attached hydrogens (tertiary/aromatic N) is 1. The molecule has 4 atom stereocenters. The molecule has 146 valence electrons. The minimum absolute atomic E-state index is 0.107. The largest absolute Gasteiger partial charge is 0.322 e. The number of carbonyl (C=O) groups excluding carboxylic acids is 3. The fourth-order valence-corrected chi connectivity index (χ4v) is 5.17. The van der Waals surface area contributed by atoms with Crippen molar-refractivity contribution in [2.75, 3.05) is 10.2 Å². The van der Waals surface area contributed by atoms with Crippen molar-refractivity contribution < 1.29 is 14.4 Å². The Hall–Kier alpha value is -3.21. The monoisotopic (exact) mass is 386 g/mol. The summed E-state index contributed by atoms with van der Waals surface area (Å²) in [6.07, 6.45) is 5.08. The van der Waals surface area contributed by atoms with E-state index >= 15 is 0 Å². The average Bonchev–Trinajstić information content (AvgIpc) is 3.35. The van der Waals surface area contributed by atoms with E-state index in [9.17, 15) is 14.4 Å². The van der Waals surface area contributed by atoms with Crippen molar-refractivity contribution in [3.63, 3.8) is 0 Å². The van der Waals surface area contributed by atoms with Gasteiger partial charge in [-0.05, 0) is 79.6 Å². The Bertz CT molecular complexity index is 1020. The summed E-state index contributed by atoms with van der Waals surface area (Å²) in [5.41, 5.74) is 3.93. The first-order chi connectivity index (χ1) is 13.9. The lowest BCUT2D eigenvalue weighted by molar-refractivity contribution is -0.123. The zero-order chi connectivity index (χ0) is 20.3. The number of imide groups is 1. The predicted molar refractivity (Wildman–Crippen MR) is 111 cm³/mol. The quantitative estimate of drug-likeness (QED) is 0.643. The van der Waals surface area contributed by atoms with Crippen LogP contribution in [-0.2, 0) is 9.59 Å². The molecule has 0 spiro atoms. The summed E-state index contributed by atoms with van der Waals surface area (Å²) in [6.45, 7) is 3.97. The van der Waals surface area contributed by atoms with Gasteiger partial charge >= 0.3 is 0 Å². The van der Waals surface area contributed by atoms with Crippen molar-refractivity contribution in [1.82, 2.24) is 0 Å². The van der Waals surface area contributed by atoms with Crippen molar-refractivity contribution in [3.8, 4) is 0 Å². The molecule has 3 aliphatic rings. The topological polar surface area (TPSA) is 66.5 Å². The molecule has 0 aromatic heterocycles. The third-order valence-electron chi connectivity index (χ3n) is 6.34. The first kappa shape index (κ1) is 17.9. The number of allylic oxidation sites excluding steroid dienone is 2. The molecule has 5 rings (SSSR count). The van der Waals surface area contributed by atoms with E-state index in [0.29, 0.717) is 11.3 Å². The van der Waals surface area contributed by atoms with Crippen LogP contribution >= 0.6 is 0 Å². The van der Waals surface area contributed by atoms with E-state index in [1.54, 1.807) is 24.3 Å². The number of hydrogen-bond donors (Lipinski definition) is 1. The van der Waals surface area contributed by atoms with Crippen molar-refractivity contribution >= 4 is 29.1 Å². The number of carbonyl (C=O) groups is 3. The highest BCUT2D eigenvalue weighted by atomic mass is 16.2. The molecule has 2 bridgehead atoms. The van der Waals surface area contributed by atoms with E-state index in [0.717, 1.165) is 23.2 Å². The molecule has 2 fully saturated rings. The maximum atomic E-state index is 12.9. The average molecular weight is 386 g/mol. The molecule has 1 heterocycles. The van der Waals surface area contributed by atoms with E-state index in [1.807, 2.05) is 32.0 Å². The highest BCUT2D eigenvalue weighted by Crippen LogP contribution is 2.53. The molecule has 2 aromatic rings. The molecule has 2 aromatic carbocycles. The molecule has 2 aliphatic carbocycles. The Kier molecular flexibility index (Phi) is 3.95. The lowest BCUT2D eigenvalue weighted by Crippen LogP contribution is -2.32. The first-order valence-electron chi connectivity index (χ1n) is 9.98. The van der Waals surface area contributed by atoms with Crippen LogP contribution in [0, 0.1) is 37.5 Å². The lowest BCUT2D eigenvalue weighted by Gasteiger charge is -2.17. The third-order valence-corrected chi connectivity index (χ3v) is 6.34. The van der Waals surface area contributed by atoms with Crippen LogP contribution in [0.25, 0.3) is 0 Å². The van der Waals surface area contributed by atoms with Gasteiger partial charge in [-0.25, -0.2) is 0 Å². The minimum atomic E-state index is -0.222. The van der Waals surface area contributed by atoms with E-state index in [1.165, 1.54) is 4.90 Å². The van der Waals surface area contributed by atoms with Gasteiger partial charge in [0.1, 0.15) is 0 Å². The molecular formula is C24H22N2O3. The van der Waals surface area contributed by atoms with E-state index in [-0.39, 0.29) is 41.4 Å². The van der Waals surface area contributed by atoms with Gasteiger partial charge < -0.3 is 5.32 Å². The van der Waals surface area contributed by atoms with Crippen molar-refractivity contribution in [1.29, 1.82) is 0 Å². The summed E-state index contributed by atoms with van der Waals surface area (Å²) in [5.74, 6) is -0.494. The van der Waals surface area contributed by atoms with Crippen LogP contribution in [0.2, 0.25) is 0 Å². The van der Waals surface area contributed by atoms with Gasteiger partial charge in [-0.1, -0.05) is 18.2 Å². The standard InChI is InChI=1S/C24H22N2O3/c1-13-9-14(2)11-18(10-13)25-22(27)15-5-7-19(8-6-15)26-23(28)20-16-3-4-17(12-16)21(20)24(26)29/h3-11,16-17,20-21H,12H2,1-2H3,(H,25,27)/t16-,17-,20-,21-/m0/s1. The number of anilines is 2. The second-order valence-corrected chi connectivity index (χ2v) is 8.39. The van der Waals surface area contributed by atoms with Gasteiger partial charge in [-0.15, -0.1) is 0 Å². The lowest BCUT2D eigenvalue weighted by atomic mass is 9.85. The summed E-state index contributed by atoms with van der Waals surface area (Å²) >= 11 is 0. The van der Waals surface area contributed by atoms with E-state index in [2.05, 4.69) is 17.5 Å². The fourth-order valence-electron chi connectivity index (χ4n) is 5.17. The molecule has 5 heteroatoms. The van der Waals surface area contributed by atoms with Crippen molar-refractivity contribution in [2.45, 2.75) is 20.3 Å². The van der Waals surface area contributed by atoms with E-state index in [4.69, 9.17) is 0 Å². The molecule has 0 unspecified atom stereocenters. The highest BCUT2D eigenvalue weighted by Gasteiger charge is 2.59. The van der Waals surface area contributed by atoms with Gasteiger partial charge in [0.15, 0.2) is 0 Å². The van der Waals surface area contributed by atoms with Crippen molar-refractivity contribution in [3.05, 3.63) is 71.3 Å². The Morgan fingerprint density at radius 3 is 2.00 bits per heavy atom. The Balaban J connectivity index is 1.35. The summed E-state index contributed by atoms with van der Waals surface area (Å²) in [6, 6.07) is 12.6. The molecule has 3 amide bonds. The van der Waals surface area contributed by atoms with Crippen LogP contribution in [0.5, 0.6) is 0 Å². The molecule has 1 saturated carbocycles. The minimum Gasteiger partial charge on any atom is -0.322 e. The molecule has 29 heavy (non-hydrogen) atoms. The molecular weight excluding hydrogens is 364 g/mol. The summed E-state index contributed by atoms with van der Waals surface area (Å²) in [5, 5.41) is 2.90. The van der Waals surface area contributed by atoms with Gasteiger partial charge in [-0.2, -0.15) is 0 Å². The van der Waals surface area contributed by atoms with Crippen LogP contribution in [0.3, 0.4) is 0 Å². The van der Waals surface area contributed by atoms with Gasteiger partial charge in [0.25, 0.3) is 5.91 Å². The second-order valence-electron chi connectivity index (χ2n) is 8.39. The smallest absolute Gasteiger partial charge is 0.255 e. The summed E-state index contributed by atoms with van der Waals surface area (Å²) in [7, 11) is 0. The number of benzene rings is 2. The normalized spacial score (nSPS) is 26.9. The molecule has 0 radical (unpaired) electrons. The predicted octanol–water partition coefficient (Wildman–Crippen LogP) is 3.87. The van der Waals surface area contributed by atoms with Gasteiger partial charge in [-0.3, -0.25) is 19.3 Å². The third kappa shape index (κ3) is 2.80. The molecule has 1 saturated heterocycles. The van der Waals surface area contributed by atoms with Crippen LogP contribution in [0.4, 0.5) is 11.4 Å². The zero-order valence-electron chi connectivity index (χ0n) is 16.4. The number of rotatable bonds is 3. The Labute approximate surface area is 169 Å². The van der Waals surface area contributed by atoms with Crippen LogP contribution < -0.4 is 10.2 Å². The van der Waals surface area contributed by atoms with Crippen molar-refractivity contribution in [2.24, 2.45) is 23.7 Å². The summed E-state index contributed by atoms with van der Waals surface area (Å²) < 4.78 is 0. The van der Waals surface area contributed by atoms with Crippen LogP contribution in [-0.4, -0.2) is 17.7 Å². The molecule has 1 N–H and O–H groups in total. The molecule has 5 nitrogen and oxygen atoms in total. The first-order valence-corrected chi connectivity index (χ1v) is 9.98. The fraction of sp³-hybridized carbons (Fsp3) is 0.292. The number of fused-ring (bicyclic) bond motifs is 5. The van der Waals surface area contributed by atoms with Gasteiger partial charge in [0.2, 0.25) is 11.8 Å². The SMILES string of the molecule is Cc1cc(C)cc(NC(=O)c2ccc(N3C(=O)[C@@H]4[C@@H](C3=O)[C@H]3C=C[C@H]4C3)cc2)c1. The number of aryl methyl sites for hydroxylation is 2. The second kappa shape index (κ2) is 6.41. The van der Waals surface area contributed by atoms with Crippen LogP contribution in [0.1, 0.15) is 27.9 Å². The van der Waals surface area contributed by atoms with Gasteiger partial charge in [0, 0.05) is 11.3 Å². The number of hydrogen-bond acceptors (Lipinski definition) is 3. The van der Waals surface area contributed by atoms with E-state index < -0.39 is 0 Å². The van der Waals surface area contributed by atoms with Gasteiger partial charge in [0.05, 0.1) is 17.5 Å². The maximum absolute atomic E-state index is 12.9. The maximum Gasteiger partial charge on any atom is 0.255 e. The Morgan fingerprint density at radius 2 is 1.45 bits per heavy atom. The molecule has 1 aliphatic heterocycles. The highest BCUT2D eigenvalue weighted by molar-refractivity contribution is 6.23. The number of amides is 3. The zero-order valence-corrected chi connectivity index (χ0v) is 16.4.